The number of hydrogen-bond donors (Lipinski definition) is 2. The normalized spacial score (nSPS) is 23.2. The molecule has 5 nitrogen and oxygen atoms in total. The van der Waals surface area contributed by atoms with Crippen LogP contribution < -0.4 is 5.32 Å². The molecule has 1 heterocycles. The van der Waals surface area contributed by atoms with Gasteiger partial charge in [0, 0.05) is 20.1 Å². The van der Waals surface area contributed by atoms with Gasteiger partial charge in [0.15, 0.2) is 0 Å². The third-order valence-corrected chi connectivity index (χ3v) is 2.87. The molecule has 1 aliphatic rings. The maximum absolute atomic E-state index is 10.8. The summed E-state index contributed by atoms with van der Waals surface area (Å²) >= 11 is 0. The minimum Gasteiger partial charge on any atom is -0.465 e. The third kappa shape index (κ3) is 2.16. The number of rotatable bonds is 2. The smallest absolute Gasteiger partial charge is 0.407 e. The highest BCUT2D eigenvalue weighted by molar-refractivity contribution is 5.65. The molecule has 1 fully saturated rings. The standard InChI is InChI=1S/C9H18N2O3/c1-9(2,11(3)8(12)13)7-6-10-4-5-14-7/h7,10H,4-6H2,1-3H3,(H,12,13). The molecular formula is C9H18N2O3. The molecule has 0 spiro atoms. The van der Waals surface area contributed by atoms with Gasteiger partial charge in [-0.3, -0.25) is 0 Å². The summed E-state index contributed by atoms with van der Waals surface area (Å²) in [5, 5.41) is 12.1. The lowest BCUT2D eigenvalue weighted by Crippen LogP contribution is -2.59. The van der Waals surface area contributed by atoms with E-state index in [1.54, 1.807) is 7.05 Å². The van der Waals surface area contributed by atoms with Gasteiger partial charge in [-0.1, -0.05) is 0 Å². The summed E-state index contributed by atoms with van der Waals surface area (Å²) < 4.78 is 5.55. The van der Waals surface area contributed by atoms with Crippen LogP contribution in [0.4, 0.5) is 4.79 Å². The Morgan fingerprint density at radius 2 is 2.29 bits per heavy atom. The molecule has 14 heavy (non-hydrogen) atoms. The van der Waals surface area contributed by atoms with Crippen LogP contribution in [0.3, 0.4) is 0 Å². The summed E-state index contributed by atoms with van der Waals surface area (Å²) in [6.45, 7) is 5.92. The quantitative estimate of drug-likeness (QED) is 0.679. The lowest BCUT2D eigenvalue weighted by Gasteiger charge is -2.42. The van der Waals surface area contributed by atoms with E-state index in [4.69, 9.17) is 9.84 Å². The van der Waals surface area contributed by atoms with E-state index in [1.165, 1.54) is 4.90 Å². The molecule has 0 radical (unpaired) electrons. The maximum Gasteiger partial charge on any atom is 0.407 e. The van der Waals surface area contributed by atoms with E-state index in [1.807, 2.05) is 13.8 Å². The second-order valence-electron chi connectivity index (χ2n) is 4.06. The van der Waals surface area contributed by atoms with E-state index in [0.717, 1.165) is 6.54 Å². The number of morpholine rings is 1. The molecule has 1 aliphatic heterocycles. The highest BCUT2D eigenvalue weighted by Crippen LogP contribution is 2.21. The Kier molecular flexibility index (Phi) is 3.34. The first kappa shape index (κ1) is 11.3. The zero-order valence-corrected chi connectivity index (χ0v) is 8.91. The van der Waals surface area contributed by atoms with Crippen molar-refractivity contribution in [2.45, 2.75) is 25.5 Å². The fraction of sp³-hybridized carbons (Fsp3) is 0.889. The molecule has 1 unspecified atom stereocenters. The molecule has 1 amide bonds. The predicted octanol–water partition coefficient (Wildman–Crippen LogP) is 0.363. The lowest BCUT2D eigenvalue weighted by atomic mass is 9.95. The minimum atomic E-state index is -0.927. The van der Waals surface area contributed by atoms with Crippen molar-refractivity contribution in [2.75, 3.05) is 26.7 Å². The lowest BCUT2D eigenvalue weighted by molar-refractivity contribution is -0.0564. The van der Waals surface area contributed by atoms with E-state index in [9.17, 15) is 4.79 Å². The van der Waals surface area contributed by atoms with Gasteiger partial charge < -0.3 is 20.1 Å². The average Bonchev–Trinajstić information content (AvgIpc) is 2.18. The van der Waals surface area contributed by atoms with Crippen molar-refractivity contribution in [2.24, 2.45) is 0 Å². The number of amides is 1. The number of carboxylic acid groups (broad SMARTS) is 1. The predicted molar refractivity (Wildman–Crippen MR) is 52.5 cm³/mol. The summed E-state index contributed by atoms with van der Waals surface area (Å²) in [6.07, 6.45) is -1.01. The molecule has 1 saturated heterocycles. The molecule has 0 bridgehead atoms. The van der Waals surface area contributed by atoms with Gasteiger partial charge in [-0.25, -0.2) is 4.79 Å². The van der Waals surface area contributed by atoms with Crippen molar-refractivity contribution >= 4 is 6.09 Å². The van der Waals surface area contributed by atoms with Gasteiger partial charge in [0.1, 0.15) is 0 Å². The van der Waals surface area contributed by atoms with Crippen molar-refractivity contribution in [1.82, 2.24) is 10.2 Å². The van der Waals surface area contributed by atoms with Crippen LogP contribution in [0.2, 0.25) is 0 Å². The van der Waals surface area contributed by atoms with Crippen LogP contribution in [0.5, 0.6) is 0 Å². The van der Waals surface area contributed by atoms with E-state index >= 15 is 0 Å². The summed E-state index contributed by atoms with van der Waals surface area (Å²) in [6, 6.07) is 0. The first-order chi connectivity index (χ1) is 6.46. The Morgan fingerprint density at radius 1 is 1.64 bits per heavy atom. The Labute approximate surface area is 84.0 Å². The Morgan fingerprint density at radius 3 is 2.71 bits per heavy atom. The topological polar surface area (TPSA) is 61.8 Å². The molecular weight excluding hydrogens is 184 g/mol. The number of carbonyl (C=O) groups is 1. The summed E-state index contributed by atoms with van der Waals surface area (Å²) in [7, 11) is 1.57. The number of likely N-dealkylation sites (N-methyl/N-ethyl adjacent to an activating group) is 1. The van der Waals surface area contributed by atoms with Gasteiger partial charge in [-0.15, -0.1) is 0 Å². The number of nitrogens with zero attached hydrogens (tertiary/aromatic N) is 1. The summed E-state index contributed by atoms with van der Waals surface area (Å²) in [4.78, 5) is 12.1. The number of hydrogen-bond acceptors (Lipinski definition) is 3. The largest absolute Gasteiger partial charge is 0.465 e. The van der Waals surface area contributed by atoms with E-state index < -0.39 is 11.6 Å². The van der Waals surface area contributed by atoms with Crippen LogP contribution in [0.15, 0.2) is 0 Å². The van der Waals surface area contributed by atoms with Crippen molar-refractivity contribution in [3.63, 3.8) is 0 Å². The average molecular weight is 202 g/mol. The molecule has 1 rings (SSSR count). The van der Waals surface area contributed by atoms with Crippen LogP contribution in [0.1, 0.15) is 13.8 Å². The summed E-state index contributed by atoms with van der Waals surface area (Å²) in [5.74, 6) is 0. The molecule has 0 aromatic carbocycles. The van der Waals surface area contributed by atoms with Crippen LogP contribution in [0, 0.1) is 0 Å². The van der Waals surface area contributed by atoms with Crippen LogP contribution in [-0.2, 0) is 4.74 Å². The molecule has 82 valence electrons. The van der Waals surface area contributed by atoms with Gasteiger partial charge in [0.25, 0.3) is 0 Å². The SMILES string of the molecule is CN(C(=O)O)C(C)(C)C1CNCCO1. The molecule has 0 saturated carbocycles. The second kappa shape index (κ2) is 4.14. The van der Waals surface area contributed by atoms with Crippen LogP contribution in [-0.4, -0.2) is 54.5 Å². The fourth-order valence-corrected chi connectivity index (χ4v) is 1.48. The second-order valence-corrected chi connectivity index (χ2v) is 4.06. The monoisotopic (exact) mass is 202 g/mol. The highest BCUT2D eigenvalue weighted by Gasteiger charge is 2.37. The van der Waals surface area contributed by atoms with Crippen molar-refractivity contribution in [1.29, 1.82) is 0 Å². The van der Waals surface area contributed by atoms with E-state index in [-0.39, 0.29) is 6.10 Å². The van der Waals surface area contributed by atoms with E-state index in [2.05, 4.69) is 5.32 Å². The van der Waals surface area contributed by atoms with Gasteiger partial charge in [0.2, 0.25) is 0 Å². The first-order valence-electron chi connectivity index (χ1n) is 4.75. The molecule has 1 atom stereocenters. The summed E-state index contributed by atoms with van der Waals surface area (Å²) in [5.41, 5.74) is -0.501. The number of nitrogens with one attached hydrogen (secondary N) is 1. The zero-order valence-electron chi connectivity index (χ0n) is 8.91. The Balaban J connectivity index is 2.66. The molecule has 0 aliphatic carbocycles. The number of ether oxygens (including phenoxy) is 1. The Bertz CT molecular complexity index is 212. The van der Waals surface area contributed by atoms with Gasteiger partial charge in [0.05, 0.1) is 18.2 Å². The van der Waals surface area contributed by atoms with Crippen molar-refractivity contribution in [3.05, 3.63) is 0 Å². The van der Waals surface area contributed by atoms with Crippen LogP contribution in [0.25, 0.3) is 0 Å². The van der Waals surface area contributed by atoms with Crippen molar-refractivity contribution < 1.29 is 14.6 Å². The zero-order chi connectivity index (χ0) is 10.8. The van der Waals surface area contributed by atoms with Gasteiger partial charge >= 0.3 is 6.09 Å². The van der Waals surface area contributed by atoms with Crippen molar-refractivity contribution in [3.8, 4) is 0 Å². The third-order valence-electron chi connectivity index (χ3n) is 2.87. The molecule has 0 aromatic rings. The molecule has 2 N–H and O–H groups in total. The maximum atomic E-state index is 10.8. The van der Waals surface area contributed by atoms with Gasteiger partial charge in [-0.2, -0.15) is 0 Å². The van der Waals surface area contributed by atoms with Gasteiger partial charge in [-0.05, 0) is 13.8 Å². The van der Waals surface area contributed by atoms with Crippen LogP contribution >= 0.6 is 0 Å². The first-order valence-corrected chi connectivity index (χ1v) is 4.75. The molecule has 0 aromatic heterocycles. The minimum absolute atomic E-state index is 0.0858. The van der Waals surface area contributed by atoms with E-state index in [0.29, 0.717) is 13.2 Å². The fourth-order valence-electron chi connectivity index (χ4n) is 1.48. The molecule has 5 heteroatoms. The highest BCUT2D eigenvalue weighted by atomic mass is 16.5. The Hall–Kier alpha value is -0.810.